The molecule has 0 radical (unpaired) electrons. The Kier molecular flexibility index (Phi) is 2.01. The van der Waals surface area contributed by atoms with Gasteiger partial charge in [-0.1, -0.05) is 0 Å². The molecule has 1 aliphatic carbocycles. The van der Waals surface area contributed by atoms with E-state index in [0.29, 0.717) is 5.65 Å². The number of aromatic nitrogens is 4. The van der Waals surface area contributed by atoms with Crippen LogP contribution in [0.5, 0.6) is 0 Å². The third kappa shape index (κ3) is 1.42. The smallest absolute Gasteiger partial charge is 0.373 e. The number of aromatic carboxylic acids is 1. The monoisotopic (exact) mass is 234 g/mol. The van der Waals surface area contributed by atoms with Gasteiger partial charge >= 0.3 is 11.7 Å². The van der Waals surface area contributed by atoms with E-state index in [4.69, 9.17) is 5.11 Å². The van der Waals surface area contributed by atoms with Crippen molar-refractivity contribution in [3.8, 4) is 0 Å². The molecule has 1 aliphatic rings. The molecule has 0 saturated carbocycles. The predicted molar refractivity (Wildman–Crippen MR) is 57.2 cm³/mol. The number of hydrogen-bond donors (Lipinski definition) is 2. The summed E-state index contributed by atoms with van der Waals surface area (Å²) in [5, 5.41) is 11.3. The molecule has 0 aliphatic heterocycles. The first-order valence-electron chi connectivity index (χ1n) is 5.40. The summed E-state index contributed by atoms with van der Waals surface area (Å²) in [5.74, 6) is -1.42. The summed E-state index contributed by atoms with van der Waals surface area (Å²) in [7, 11) is 0. The molecule has 3 rings (SSSR count). The van der Waals surface area contributed by atoms with Crippen molar-refractivity contribution < 1.29 is 9.90 Å². The summed E-state index contributed by atoms with van der Waals surface area (Å²) in [6.45, 7) is 0. The molecule has 7 heteroatoms. The Balaban J connectivity index is 2.37. The predicted octanol–water partition coefficient (Wildman–Crippen LogP) is -0.00540. The molecule has 7 nitrogen and oxygen atoms in total. The van der Waals surface area contributed by atoms with Crippen molar-refractivity contribution in [3.05, 3.63) is 27.6 Å². The van der Waals surface area contributed by atoms with Gasteiger partial charge in [0.15, 0.2) is 5.65 Å². The zero-order chi connectivity index (χ0) is 12.0. The summed E-state index contributed by atoms with van der Waals surface area (Å²) < 4.78 is 1.10. The SMILES string of the molecule is O=C(O)c1nc2c3c(nc(=O)n2[nH]1)CCCC3. The number of aryl methyl sites for hydroxylation is 2. The minimum Gasteiger partial charge on any atom is -0.475 e. The fourth-order valence-electron chi connectivity index (χ4n) is 2.20. The number of nitrogens with one attached hydrogen (secondary N) is 1. The van der Waals surface area contributed by atoms with Gasteiger partial charge in [0, 0.05) is 5.56 Å². The van der Waals surface area contributed by atoms with E-state index >= 15 is 0 Å². The first-order chi connectivity index (χ1) is 8.16. The van der Waals surface area contributed by atoms with Gasteiger partial charge in [-0.2, -0.15) is 9.50 Å². The quantitative estimate of drug-likeness (QED) is 0.723. The van der Waals surface area contributed by atoms with E-state index in [2.05, 4.69) is 15.1 Å². The van der Waals surface area contributed by atoms with E-state index in [9.17, 15) is 9.59 Å². The molecule has 2 aromatic heterocycles. The number of carbonyl (C=O) groups is 1. The van der Waals surface area contributed by atoms with Crippen LogP contribution < -0.4 is 5.69 Å². The van der Waals surface area contributed by atoms with Crippen LogP contribution in [-0.2, 0) is 12.8 Å². The number of hydrogen-bond acceptors (Lipinski definition) is 4. The maximum absolute atomic E-state index is 11.7. The van der Waals surface area contributed by atoms with Crippen LogP contribution >= 0.6 is 0 Å². The second-order valence-electron chi connectivity index (χ2n) is 4.06. The van der Waals surface area contributed by atoms with E-state index in [1.165, 1.54) is 0 Å². The van der Waals surface area contributed by atoms with Crippen LogP contribution in [0.3, 0.4) is 0 Å². The Morgan fingerprint density at radius 1 is 1.29 bits per heavy atom. The maximum atomic E-state index is 11.7. The van der Waals surface area contributed by atoms with Crippen molar-refractivity contribution >= 4 is 11.6 Å². The summed E-state index contributed by atoms with van der Waals surface area (Å²) in [4.78, 5) is 30.4. The molecule has 0 saturated heterocycles. The maximum Gasteiger partial charge on any atom is 0.373 e. The Bertz CT molecular complexity index is 670. The van der Waals surface area contributed by atoms with Crippen LogP contribution in [0, 0.1) is 0 Å². The molecule has 2 aromatic rings. The van der Waals surface area contributed by atoms with Crippen molar-refractivity contribution in [1.82, 2.24) is 19.6 Å². The first kappa shape index (κ1) is 10.0. The van der Waals surface area contributed by atoms with Crippen LogP contribution in [0.4, 0.5) is 0 Å². The van der Waals surface area contributed by atoms with Crippen LogP contribution in [0.1, 0.15) is 34.7 Å². The fraction of sp³-hybridized carbons (Fsp3) is 0.400. The molecule has 0 amide bonds. The third-order valence-electron chi connectivity index (χ3n) is 2.98. The largest absolute Gasteiger partial charge is 0.475 e. The van der Waals surface area contributed by atoms with Crippen molar-refractivity contribution in [2.24, 2.45) is 0 Å². The lowest BCUT2D eigenvalue weighted by Crippen LogP contribution is -2.23. The molecule has 0 bridgehead atoms. The standard InChI is InChI=1S/C10H10N4O3/c15-9(16)7-12-8-5-3-1-2-4-6(5)11-10(17)14(8)13-7/h1-4H2,(H,12,13)(H,15,16). The van der Waals surface area contributed by atoms with E-state index < -0.39 is 11.7 Å². The Hall–Kier alpha value is -2.18. The highest BCUT2D eigenvalue weighted by molar-refractivity contribution is 5.83. The Morgan fingerprint density at radius 2 is 2.06 bits per heavy atom. The van der Waals surface area contributed by atoms with Gasteiger partial charge in [-0.15, -0.1) is 0 Å². The number of fused-ring (bicyclic) bond motifs is 3. The summed E-state index contributed by atoms with van der Waals surface area (Å²) in [5.41, 5.74) is 1.54. The minimum absolute atomic E-state index is 0.233. The fourth-order valence-corrected chi connectivity index (χ4v) is 2.20. The molecule has 17 heavy (non-hydrogen) atoms. The lowest BCUT2D eigenvalue weighted by molar-refractivity contribution is 0.0684. The van der Waals surface area contributed by atoms with Crippen molar-refractivity contribution in [2.45, 2.75) is 25.7 Å². The van der Waals surface area contributed by atoms with Crippen molar-refractivity contribution in [1.29, 1.82) is 0 Å². The van der Waals surface area contributed by atoms with Crippen molar-refractivity contribution in [3.63, 3.8) is 0 Å². The van der Waals surface area contributed by atoms with E-state index in [1.54, 1.807) is 0 Å². The minimum atomic E-state index is -1.18. The highest BCUT2D eigenvalue weighted by atomic mass is 16.4. The normalized spacial score (nSPS) is 14.8. The van der Waals surface area contributed by atoms with Gasteiger partial charge in [-0.25, -0.2) is 14.6 Å². The van der Waals surface area contributed by atoms with E-state index in [1.807, 2.05) is 0 Å². The highest BCUT2D eigenvalue weighted by Gasteiger charge is 2.20. The average Bonchev–Trinajstić information content (AvgIpc) is 2.75. The number of carboxylic acid groups (broad SMARTS) is 1. The second-order valence-corrected chi connectivity index (χ2v) is 4.06. The lowest BCUT2D eigenvalue weighted by Gasteiger charge is -2.13. The molecule has 0 atom stereocenters. The zero-order valence-electron chi connectivity index (χ0n) is 8.93. The Morgan fingerprint density at radius 3 is 2.82 bits per heavy atom. The highest BCUT2D eigenvalue weighted by Crippen LogP contribution is 2.21. The Labute approximate surface area is 95.1 Å². The summed E-state index contributed by atoms with van der Waals surface area (Å²) in [6.07, 6.45) is 3.57. The lowest BCUT2D eigenvalue weighted by atomic mass is 9.97. The van der Waals surface area contributed by atoms with Crippen LogP contribution in [0.25, 0.3) is 5.65 Å². The molecule has 88 valence electrons. The molecule has 0 aromatic carbocycles. The molecule has 2 N–H and O–H groups in total. The zero-order valence-corrected chi connectivity index (χ0v) is 8.93. The molecular formula is C10H10N4O3. The van der Waals surface area contributed by atoms with Gasteiger partial charge in [0.1, 0.15) is 0 Å². The first-order valence-corrected chi connectivity index (χ1v) is 5.40. The number of rotatable bonds is 1. The molecule has 0 unspecified atom stereocenters. The molecule has 0 spiro atoms. The van der Waals surface area contributed by atoms with Gasteiger partial charge in [0.25, 0.3) is 0 Å². The van der Waals surface area contributed by atoms with Gasteiger partial charge < -0.3 is 5.11 Å². The van der Waals surface area contributed by atoms with Gasteiger partial charge in [-0.05, 0) is 25.7 Å². The second kappa shape index (κ2) is 3.41. The van der Waals surface area contributed by atoms with E-state index in [-0.39, 0.29) is 5.82 Å². The van der Waals surface area contributed by atoms with Gasteiger partial charge in [0.2, 0.25) is 5.82 Å². The summed E-state index contributed by atoms with van der Waals surface area (Å²) >= 11 is 0. The molecular weight excluding hydrogens is 224 g/mol. The number of aromatic amines is 1. The average molecular weight is 234 g/mol. The van der Waals surface area contributed by atoms with Crippen LogP contribution in [0.15, 0.2) is 4.79 Å². The van der Waals surface area contributed by atoms with Crippen LogP contribution in [0.2, 0.25) is 0 Å². The third-order valence-corrected chi connectivity index (χ3v) is 2.98. The number of nitrogens with zero attached hydrogens (tertiary/aromatic N) is 3. The topological polar surface area (TPSA) is 100 Å². The number of H-pyrrole nitrogens is 1. The number of carboxylic acids is 1. The molecule has 0 fully saturated rings. The molecule has 2 heterocycles. The van der Waals surface area contributed by atoms with Crippen LogP contribution in [-0.4, -0.2) is 30.7 Å². The van der Waals surface area contributed by atoms with Crippen molar-refractivity contribution in [2.75, 3.05) is 0 Å². The van der Waals surface area contributed by atoms with Gasteiger partial charge in [0.05, 0.1) is 5.69 Å². The van der Waals surface area contributed by atoms with Gasteiger partial charge in [-0.3, -0.25) is 5.10 Å². The van der Waals surface area contributed by atoms with E-state index in [0.717, 1.165) is 41.5 Å². The summed E-state index contributed by atoms with van der Waals surface area (Å²) in [6, 6.07) is 0.